The van der Waals surface area contributed by atoms with Gasteiger partial charge in [-0.1, -0.05) is 0 Å². The van der Waals surface area contributed by atoms with E-state index in [0.717, 1.165) is 38.8 Å². The van der Waals surface area contributed by atoms with Gasteiger partial charge in [-0.2, -0.15) is 14.7 Å². The molecule has 0 amide bonds. The first-order chi connectivity index (χ1) is 13.6. The Labute approximate surface area is 170 Å². The van der Waals surface area contributed by atoms with Gasteiger partial charge in [0.2, 0.25) is 0 Å². The first-order valence-corrected chi connectivity index (χ1v) is 10.0. The number of hydrogen-bond donors (Lipinski definition) is 1. The summed E-state index contributed by atoms with van der Waals surface area (Å²) in [5.74, 6) is 0. The van der Waals surface area contributed by atoms with Gasteiger partial charge in [0.25, 0.3) is 0 Å². The van der Waals surface area contributed by atoms with Crippen molar-refractivity contribution in [2.45, 2.75) is 62.3 Å². The van der Waals surface area contributed by atoms with Gasteiger partial charge in [0.05, 0.1) is 5.52 Å². The fourth-order valence-corrected chi connectivity index (χ4v) is 4.56. The van der Waals surface area contributed by atoms with Crippen LogP contribution in [-0.4, -0.2) is 19.8 Å². The molecule has 1 N–H and O–H groups in total. The number of nitrogens with zero attached hydrogens (tertiary/aromatic N) is 3. The molecule has 0 aliphatic heterocycles. The second-order valence-electron chi connectivity index (χ2n) is 8.36. The van der Waals surface area contributed by atoms with E-state index < -0.39 is 0 Å². The van der Waals surface area contributed by atoms with Gasteiger partial charge in [-0.3, -0.25) is 0 Å². The van der Waals surface area contributed by atoms with Crippen LogP contribution in [0.15, 0.2) is 4.79 Å². The first kappa shape index (κ1) is 19.4. The molecule has 0 bridgehead atoms. The number of aromatic nitrogens is 4. The highest BCUT2D eigenvalue weighted by atomic mass is 16.1. The predicted molar refractivity (Wildman–Crippen MR) is 119 cm³/mol. The second-order valence-corrected chi connectivity index (χ2v) is 8.36. The lowest BCUT2D eigenvalue weighted by molar-refractivity contribution is 0.821. The third kappa shape index (κ3) is 2.43. The van der Waals surface area contributed by atoms with Crippen molar-refractivity contribution in [3.63, 3.8) is 0 Å². The molecule has 5 heteroatoms. The SMILES string of the molecule is Cc1c(C)c(C)c(-c2n[nH]c(=O)n3nc4c(C)c(C)c(C)c(C)c4c23)c(C)c1C. The number of H-pyrrole nitrogens is 1. The molecule has 0 aliphatic carbocycles. The van der Waals surface area contributed by atoms with Crippen LogP contribution in [0.4, 0.5) is 0 Å². The van der Waals surface area contributed by atoms with Crippen LogP contribution >= 0.6 is 0 Å². The summed E-state index contributed by atoms with van der Waals surface area (Å²) in [7, 11) is 0. The lowest BCUT2D eigenvalue weighted by Crippen LogP contribution is -2.20. The van der Waals surface area contributed by atoms with Crippen LogP contribution in [0.1, 0.15) is 50.1 Å². The number of fused-ring (bicyclic) bond motifs is 3. The normalized spacial score (nSPS) is 11.8. The van der Waals surface area contributed by atoms with Crippen molar-refractivity contribution >= 4 is 16.4 Å². The van der Waals surface area contributed by atoms with Gasteiger partial charge in [-0.25, -0.2) is 9.89 Å². The molecule has 5 nitrogen and oxygen atoms in total. The number of hydrogen-bond acceptors (Lipinski definition) is 3. The molecule has 29 heavy (non-hydrogen) atoms. The molecule has 0 fully saturated rings. The highest BCUT2D eigenvalue weighted by Crippen LogP contribution is 2.38. The molecule has 150 valence electrons. The van der Waals surface area contributed by atoms with E-state index in [4.69, 9.17) is 5.10 Å². The van der Waals surface area contributed by atoms with Gasteiger partial charge in [-0.05, 0) is 112 Å². The van der Waals surface area contributed by atoms with E-state index in [1.807, 2.05) is 0 Å². The summed E-state index contributed by atoms with van der Waals surface area (Å²) in [6.07, 6.45) is 0. The average Bonchev–Trinajstić information content (AvgIpc) is 3.11. The molecule has 2 aromatic heterocycles. The molecule has 0 spiro atoms. The van der Waals surface area contributed by atoms with E-state index in [0.29, 0.717) is 0 Å². The number of rotatable bonds is 1. The van der Waals surface area contributed by atoms with E-state index in [9.17, 15) is 4.79 Å². The van der Waals surface area contributed by atoms with Crippen LogP contribution in [0, 0.1) is 62.3 Å². The van der Waals surface area contributed by atoms with Gasteiger partial charge in [-0.15, -0.1) is 0 Å². The summed E-state index contributed by atoms with van der Waals surface area (Å²) >= 11 is 0. The third-order valence-corrected chi connectivity index (χ3v) is 7.22. The minimum Gasteiger partial charge on any atom is -0.244 e. The van der Waals surface area contributed by atoms with E-state index >= 15 is 0 Å². The van der Waals surface area contributed by atoms with Gasteiger partial charge >= 0.3 is 5.69 Å². The van der Waals surface area contributed by atoms with Crippen molar-refractivity contribution in [2.24, 2.45) is 0 Å². The van der Waals surface area contributed by atoms with Crippen LogP contribution in [0.5, 0.6) is 0 Å². The van der Waals surface area contributed by atoms with Crippen LogP contribution < -0.4 is 5.69 Å². The molecule has 0 saturated heterocycles. The van der Waals surface area contributed by atoms with Crippen LogP contribution in [0.25, 0.3) is 27.7 Å². The number of nitrogens with one attached hydrogen (secondary N) is 1. The summed E-state index contributed by atoms with van der Waals surface area (Å²) < 4.78 is 1.50. The standard InChI is InChI=1S/C24H28N4O/c1-10-11(2)15(6)19(16(7)12(10)3)22-23-20-17(8)13(4)14(5)18(9)21(20)27-28(23)24(29)26-25-22/h1-9H3,(H,26,29). The van der Waals surface area contributed by atoms with Gasteiger partial charge in [0.1, 0.15) is 11.2 Å². The molecule has 0 unspecified atom stereocenters. The largest absolute Gasteiger partial charge is 0.363 e. The molecular weight excluding hydrogens is 360 g/mol. The Morgan fingerprint density at radius 1 is 0.655 bits per heavy atom. The molecule has 2 aromatic carbocycles. The molecule has 0 aliphatic rings. The van der Waals surface area contributed by atoms with Crippen LogP contribution in [0.2, 0.25) is 0 Å². The molecule has 4 rings (SSSR count). The lowest BCUT2D eigenvalue weighted by Gasteiger charge is -2.19. The van der Waals surface area contributed by atoms with E-state index in [1.165, 1.54) is 43.5 Å². The van der Waals surface area contributed by atoms with E-state index in [1.54, 1.807) is 0 Å². The van der Waals surface area contributed by atoms with E-state index in [-0.39, 0.29) is 5.69 Å². The van der Waals surface area contributed by atoms with Crippen molar-refractivity contribution in [1.29, 1.82) is 0 Å². The summed E-state index contributed by atoms with van der Waals surface area (Å²) in [4.78, 5) is 12.7. The molecule has 0 radical (unpaired) electrons. The number of benzene rings is 2. The van der Waals surface area contributed by atoms with E-state index in [2.05, 4.69) is 72.5 Å². The van der Waals surface area contributed by atoms with Crippen molar-refractivity contribution < 1.29 is 0 Å². The Bertz CT molecular complexity index is 1370. The molecule has 4 aromatic rings. The number of aryl methyl sites for hydroxylation is 2. The third-order valence-electron chi connectivity index (χ3n) is 7.22. The quantitative estimate of drug-likeness (QED) is 0.498. The smallest absolute Gasteiger partial charge is 0.244 e. The maximum absolute atomic E-state index is 12.7. The molecule has 0 atom stereocenters. The Morgan fingerprint density at radius 2 is 1.14 bits per heavy atom. The maximum Gasteiger partial charge on any atom is 0.363 e. The average molecular weight is 389 g/mol. The summed E-state index contributed by atoms with van der Waals surface area (Å²) in [6, 6.07) is 0. The zero-order chi connectivity index (χ0) is 21.4. The van der Waals surface area contributed by atoms with Crippen molar-refractivity contribution in [1.82, 2.24) is 19.8 Å². The zero-order valence-electron chi connectivity index (χ0n) is 18.7. The fraction of sp³-hybridized carbons (Fsp3) is 0.375. The van der Waals surface area contributed by atoms with Crippen molar-refractivity contribution in [3.05, 3.63) is 60.6 Å². The minimum absolute atomic E-state index is 0.315. The highest BCUT2D eigenvalue weighted by Gasteiger charge is 2.23. The monoisotopic (exact) mass is 388 g/mol. The maximum atomic E-state index is 12.7. The lowest BCUT2D eigenvalue weighted by atomic mass is 9.87. The highest BCUT2D eigenvalue weighted by molar-refractivity contribution is 6.05. The Balaban J connectivity index is 2.32. The van der Waals surface area contributed by atoms with Crippen molar-refractivity contribution in [3.8, 4) is 11.3 Å². The van der Waals surface area contributed by atoms with Gasteiger partial charge < -0.3 is 0 Å². The summed E-state index contributed by atoms with van der Waals surface area (Å²) in [6.45, 7) is 19.2. The second kappa shape index (κ2) is 6.28. The minimum atomic E-state index is -0.315. The first-order valence-electron chi connectivity index (χ1n) is 10.0. The molecule has 2 heterocycles. The topological polar surface area (TPSA) is 63.0 Å². The molecule has 0 saturated carbocycles. The van der Waals surface area contributed by atoms with Crippen LogP contribution in [-0.2, 0) is 0 Å². The van der Waals surface area contributed by atoms with Gasteiger partial charge in [0, 0.05) is 10.9 Å². The Kier molecular flexibility index (Phi) is 4.19. The summed E-state index contributed by atoms with van der Waals surface area (Å²) in [5, 5.41) is 13.0. The van der Waals surface area contributed by atoms with Gasteiger partial charge in [0.15, 0.2) is 0 Å². The van der Waals surface area contributed by atoms with Crippen molar-refractivity contribution in [2.75, 3.05) is 0 Å². The fourth-order valence-electron chi connectivity index (χ4n) is 4.56. The Hall–Kier alpha value is -2.95. The predicted octanol–water partition coefficient (Wildman–Crippen LogP) is 5.01. The summed E-state index contributed by atoms with van der Waals surface area (Å²) in [5.41, 5.74) is 14.2. The molecular formula is C24H28N4O. The Morgan fingerprint density at radius 3 is 1.72 bits per heavy atom. The number of aromatic amines is 1. The zero-order valence-corrected chi connectivity index (χ0v) is 18.7. The van der Waals surface area contributed by atoms with Crippen LogP contribution in [0.3, 0.4) is 0 Å².